The van der Waals surface area contributed by atoms with E-state index in [1.807, 2.05) is 0 Å². The second-order valence-electron chi connectivity index (χ2n) is 2.11. The zero-order valence-corrected chi connectivity index (χ0v) is 7.91. The molecular weight excluding hydrogens is 212 g/mol. The van der Waals surface area contributed by atoms with E-state index in [9.17, 15) is 19.2 Å². The van der Waals surface area contributed by atoms with Crippen molar-refractivity contribution in [2.75, 3.05) is 12.4 Å². The van der Waals surface area contributed by atoms with Gasteiger partial charge in [0, 0.05) is 0 Å². The minimum absolute atomic E-state index is 0.0314. The molecule has 0 bridgehead atoms. The van der Waals surface area contributed by atoms with Gasteiger partial charge < -0.3 is 9.84 Å². The number of hydrogen-bond acceptors (Lipinski definition) is 6. The van der Waals surface area contributed by atoms with Crippen LogP contribution in [0.5, 0.6) is 0 Å². The molecule has 0 aliphatic heterocycles. The molecule has 0 aromatic carbocycles. The van der Waals surface area contributed by atoms with Crippen LogP contribution in [-0.4, -0.2) is 40.8 Å². The molecule has 6 nitrogen and oxygen atoms in total. The number of aliphatic carboxylic acids is 1. The van der Waals surface area contributed by atoms with Crippen LogP contribution in [0.15, 0.2) is 0 Å². The van der Waals surface area contributed by atoms with Crippen LogP contribution in [0.3, 0.4) is 0 Å². The number of hydrogen-bond donors (Lipinski definition) is 1. The van der Waals surface area contributed by atoms with Crippen LogP contribution in [0.1, 0.15) is 6.42 Å². The molecule has 1 N–H and O–H groups in total. The summed E-state index contributed by atoms with van der Waals surface area (Å²) in [5.41, 5.74) is 0. The summed E-state index contributed by atoms with van der Waals surface area (Å²) in [6, 6.07) is 0. The van der Waals surface area contributed by atoms with E-state index in [1.165, 1.54) is 0 Å². The Morgan fingerprint density at radius 3 is 2.50 bits per heavy atom. The third-order valence-corrected chi connectivity index (χ3v) is 2.03. The first-order chi connectivity index (χ1) is 6.57. The van der Waals surface area contributed by atoms with Gasteiger partial charge >= 0.3 is 5.97 Å². The van der Waals surface area contributed by atoms with E-state index in [4.69, 9.17) is 5.11 Å². The van der Waals surface area contributed by atoms with Crippen LogP contribution >= 0.6 is 11.8 Å². The highest BCUT2D eigenvalue weighted by Gasteiger charge is 2.13. The average molecular weight is 220 g/mol. The molecule has 0 aliphatic rings. The zero-order chi connectivity index (χ0) is 11.0. The van der Waals surface area contributed by atoms with Crippen LogP contribution in [0.25, 0.3) is 0 Å². The van der Waals surface area contributed by atoms with Gasteiger partial charge in [-0.05, 0) is 0 Å². The maximum atomic E-state index is 10.9. The normalized spacial score (nSPS) is 9.14. The van der Waals surface area contributed by atoms with Crippen LogP contribution in [0.2, 0.25) is 0 Å². The molecule has 78 valence electrons. The van der Waals surface area contributed by atoms with Crippen molar-refractivity contribution in [3.8, 4) is 0 Å². The van der Waals surface area contributed by atoms with Gasteiger partial charge in [0.15, 0.2) is 5.12 Å². The molecule has 0 saturated heterocycles. The van der Waals surface area contributed by atoms with E-state index in [0.29, 0.717) is 11.8 Å². The summed E-state index contributed by atoms with van der Waals surface area (Å²) in [7, 11) is 0. The zero-order valence-electron chi connectivity index (χ0n) is 7.10. The lowest BCUT2D eigenvalue weighted by Crippen LogP contribution is -2.16. The fourth-order valence-electron chi connectivity index (χ4n) is 0.470. The predicted molar refractivity (Wildman–Crippen MR) is 46.7 cm³/mol. The first-order valence-electron chi connectivity index (χ1n) is 3.55. The number of carboxylic acids is 1. The number of Topliss-reactive ketones (excluding diaryl/α,β-unsaturated/α-hetero) is 1. The second kappa shape index (κ2) is 7.07. The lowest BCUT2D eigenvalue weighted by atomic mass is 10.5. The number of thioether (sulfide) groups is 1. The Morgan fingerprint density at radius 2 is 2.00 bits per heavy atom. The number of carboxylic acid groups (broad SMARTS) is 1. The van der Waals surface area contributed by atoms with Gasteiger partial charge in [-0.3, -0.25) is 14.4 Å². The van der Waals surface area contributed by atoms with Gasteiger partial charge in [-0.25, -0.2) is 4.79 Å². The topological polar surface area (TPSA) is 97.7 Å². The number of carbonyl (C=O) groups excluding carboxylic acids is 3. The van der Waals surface area contributed by atoms with Gasteiger partial charge in [0.25, 0.3) is 6.47 Å². The van der Waals surface area contributed by atoms with Gasteiger partial charge in [0.1, 0.15) is 0 Å². The SMILES string of the molecule is O=COCCC(=O)SCC(=O)C(=O)O. The van der Waals surface area contributed by atoms with Crippen LogP contribution in [-0.2, 0) is 23.9 Å². The molecule has 0 fully saturated rings. The van der Waals surface area contributed by atoms with Gasteiger partial charge in [0.2, 0.25) is 5.78 Å². The van der Waals surface area contributed by atoms with E-state index in [0.717, 1.165) is 0 Å². The fraction of sp³-hybridized carbons (Fsp3) is 0.429. The lowest BCUT2D eigenvalue weighted by Gasteiger charge is -1.97. The van der Waals surface area contributed by atoms with E-state index < -0.39 is 17.5 Å². The summed E-state index contributed by atoms with van der Waals surface area (Å²) >= 11 is 0.598. The summed E-state index contributed by atoms with van der Waals surface area (Å²) in [4.78, 5) is 41.1. The fourth-order valence-corrected chi connectivity index (χ4v) is 1.11. The Kier molecular flexibility index (Phi) is 6.38. The summed E-state index contributed by atoms with van der Waals surface area (Å²) in [5.74, 6) is -2.98. The maximum absolute atomic E-state index is 10.9. The van der Waals surface area contributed by atoms with Crippen LogP contribution in [0.4, 0.5) is 0 Å². The number of ether oxygens (including phenoxy) is 1. The van der Waals surface area contributed by atoms with Gasteiger partial charge in [-0.2, -0.15) is 0 Å². The van der Waals surface area contributed by atoms with Gasteiger partial charge in [-0.1, -0.05) is 11.8 Å². The van der Waals surface area contributed by atoms with Crippen molar-refractivity contribution < 1.29 is 29.0 Å². The Hall–Kier alpha value is -1.37. The first kappa shape index (κ1) is 12.6. The molecule has 0 aromatic rings. The molecule has 7 heteroatoms. The van der Waals surface area contributed by atoms with E-state index in [-0.39, 0.29) is 24.6 Å². The number of ketones is 1. The molecule has 14 heavy (non-hydrogen) atoms. The molecule has 0 spiro atoms. The molecule has 0 rings (SSSR count). The molecule has 0 aromatic heterocycles. The molecule has 0 saturated carbocycles. The Bertz CT molecular complexity index is 249. The summed E-state index contributed by atoms with van der Waals surface area (Å²) in [6.07, 6.45) is -0.0314. The quantitative estimate of drug-likeness (QED) is 0.349. The first-order valence-corrected chi connectivity index (χ1v) is 4.53. The monoisotopic (exact) mass is 220 g/mol. The molecule has 0 aliphatic carbocycles. The highest BCUT2D eigenvalue weighted by atomic mass is 32.2. The van der Waals surface area contributed by atoms with E-state index >= 15 is 0 Å². The number of carbonyl (C=O) groups is 4. The maximum Gasteiger partial charge on any atom is 0.373 e. The predicted octanol–water partition coefficient (Wildman–Crippen LogP) is -0.537. The Balaban J connectivity index is 3.58. The van der Waals surface area contributed by atoms with Crippen LogP contribution in [0, 0.1) is 0 Å². The van der Waals surface area contributed by atoms with E-state index in [2.05, 4.69) is 4.74 Å². The smallest absolute Gasteiger partial charge is 0.373 e. The van der Waals surface area contributed by atoms with Crippen molar-refractivity contribution in [1.82, 2.24) is 0 Å². The Labute approximate surface area is 83.6 Å². The molecule has 0 heterocycles. The summed E-state index contributed by atoms with van der Waals surface area (Å²) < 4.78 is 4.24. The molecular formula is C7H8O6S. The Morgan fingerprint density at radius 1 is 1.36 bits per heavy atom. The highest BCUT2D eigenvalue weighted by molar-refractivity contribution is 8.14. The third kappa shape index (κ3) is 6.18. The van der Waals surface area contributed by atoms with E-state index in [1.54, 1.807) is 0 Å². The largest absolute Gasteiger partial charge is 0.475 e. The van der Waals surface area contributed by atoms with Crippen molar-refractivity contribution in [2.45, 2.75) is 6.42 Å². The van der Waals surface area contributed by atoms with Gasteiger partial charge in [-0.15, -0.1) is 0 Å². The highest BCUT2D eigenvalue weighted by Crippen LogP contribution is 2.05. The minimum atomic E-state index is -1.56. The van der Waals surface area contributed by atoms with Gasteiger partial charge in [0.05, 0.1) is 18.8 Å². The summed E-state index contributed by atoms with van der Waals surface area (Å²) in [6.45, 7) is 0.150. The summed E-state index contributed by atoms with van der Waals surface area (Å²) in [5, 5.41) is 7.78. The van der Waals surface area contributed by atoms with Crippen molar-refractivity contribution in [2.24, 2.45) is 0 Å². The molecule has 0 unspecified atom stereocenters. The molecule has 0 amide bonds. The van der Waals surface area contributed by atoms with Crippen molar-refractivity contribution in [3.63, 3.8) is 0 Å². The van der Waals surface area contributed by atoms with Crippen molar-refractivity contribution in [3.05, 3.63) is 0 Å². The molecule has 0 atom stereocenters. The van der Waals surface area contributed by atoms with Crippen LogP contribution < -0.4 is 0 Å². The average Bonchev–Trinajstić information content (AvgIpc) is 2.14. The minimum Gasteiger partial charge on any atom is -0.475 e. The lowest BCUT2D eigenvalue weighted by molar-refractivity contribution is -0.147. The standard InChI is InChI=1S/C7H8O6S/c8-4-13-2-1-6(10)14-3-5(9)7(11)12/h4H,1-3H2,(H,11,12). The second-order valence-corrected chi connectivity index (χ2v) is 3.14. The molecule has 0 radical (unpaired) electrons. The van der Waals surface area contributed by atoms with Crippen molar-refractivity contribution >= 4 is 35.1 Å². The number of rotatable bonds is 7. The third-order valence-electron chi connectivity index (χ3n) is 1.09. The van der Waals surface area contributed by atoms with Crippen molar-refractivity contribution in [1.29, 1.82) is 0 Å².